The quantitative estimate of drug-likeness (QED) is 0.721. The number of thiophene rings is 1. The Kier molecular flexibility index (Phi) is 5.50. The third-order valence-electron chi connectivity index (χ3n) is 2.51. The number of carbonyl (C=O) groups is 3. The van der Waals surface area contributed by atoms with Crippen LogP contribution in [-0.4, -0.2) is 35.0 Å². The van der Waals surface area contributed by atoms with Crippen molar-refractivity contribution in [1.29, 1.82) is 0 Å². The SMILES string of the molecule is CC[C@@H](NC(=O)C(C)NC(=O)c1cccs1)C(=O)O. The Hall–Kier alpha value is -1.89. The minimum absolute atomic E-state index is 0.284. The van der Waals surface area contributed by atoms with Gasteiger partial charge in [0.2, 0.25) is 5.91 Å². The highest BCUT2D eigenvalue weighted by molar-refractivity contribution is 7.12. The molecule has 1 heterocycles. The predicted octanol–water partition coefficient (Wildman–Crippen LogP) is 0.846. The number of carboxylic acids is 1. The van der Waals surface area contributed by atoms with Gasteiger partial charge in [-0.05, 0) is 24.8 Å². The first kappa shape index (κ1) is 15.2. The summed E-state index contributed by atoms with van der Waals surface area (Å²) in [5.74, 6) is -1.95. The van der Waals surface area contributed by atoms with Crippen LogP contribution in [0.5, 0.6) is 0 Å². The van der Waals surface area contributed by atoms with Gasteiger partial charge in [-0.15, -0.1) is 11.3 Å². The largest absolute Gasteiger partial charge is 0.480 e. The zero-order valence-corrected chi connectivity index (χ0v) is 11.5. The lowest BCUT2D eigenvalue weighted by Gasteiger charge is -2.17. The standard InChI is InChI=1S/C12H16N2O4S/c1-3-8(12(17)18)14-10(15)7(2)13-11(16)9-5-4-6-19-9/h4-8H,3H2,1-2H3,(H,13,16)(H,14,15)(H,17,18)/t7?,8-/m1/s1. The third-order valence-corrected chi connectivity index (χ3v) is 3.38. The van der Waals surface area contributed by atoms with Crippen molar-refractivity contribution in [1.82, 2.24) is 10.6 Å². The number of hydrogen-bond donors (Lipinski definition) is 3. The second-order valence-corrected chi connectivity index (χ2v) is 4.93. The monoisotopic (exact) mass is 284 g/mol. The molecular weight excluding hydrogens is 268 g/mol. The molecule has 0 aromatic carbocycles. The van der Waals surface area contributed by atoms with Crippen LogP contribution in [0.4, 0.5) is 0 Å². The highest BCUT2D eigenvalue weighted by Crippen LogP contribution is 2.08. The summed E-state index contributed by atoms with van der Waals surface area (Å²) in [7, 11) is 0. The average Bonchev–Trinajstić information content (AvgIpc) is 2.88. The van der Waals surface area contributed by atoms with Crippen LogP contribution >= 0.6 is 11.3 Å². The summed E-state index contributed by atoms with van der Waals surface area (Å²) in [4.78, 5) is 34.8. The molecule has 1 aromatic rings. The lowest BCUT2D eigenvalue weighted by Crippen LogP contribution is -2.50. The van der Waals surface area contributed by atoms with E-state index in [4.69, 9.17) is 5.11 Å². The van der Waals surface area contributed by atoms with E-state index in [1.807, 2.05) is 0 Å². The Morgan fingerprint density at radius 1 is 1.37 bits per heavy atom. The summed E-state index contributed by atoms with van der Waals surface area (Å²) < 4.78 is 0. The summed E-state index contributed by atoms with van der Waals surface area (Å²) in [6, 6.07) is 1.66. The van der Waals surface area contributed by atoms with Crippen LogP contribution in [0, 0.1) is 0 Å². The van der Waals surface area contributed by atoms with Gasteiger partial charge in [0, 0.05) is 0 Å². The highest BCUT2D eigenvalue weighted by atomic mass is 32.1. The molecule has 0 fully saturated rings. The number of carbonyl (C=O) groups excluding carboxylic acids is 2. The van der Waals surface area contributed by atoms with Gasteiger partial charge in [-0.25, -0.2) is 4.79 Å². The molecule has 0 aliphatic carbocycles. The molecule has 0 aliphatic rings. The smallest absolute Gasteiger partial charge is 0.326 e. The summed E-state index contributed by atoms with van der Waals surface area (Å²) in [5.41, 5.74) is 0. The molecule has 0 aliphatic heterocycles. The van der Waals surface area contributed by atoms with Gasteiger partial charge in [-0.2, -0.15) is 0 Å². The van der Waals surface area contributed by atoms with Crippen molar-refractivity contribution in [2.75, 3.05) is 0 Å². The minimum atomic E-state index is -1.09. The van der Waals surface area contributed by atoms with Crippen LogP contribution in [0.3, 0.4) is 0 Å². The van der Waals surface area contributed by atoms with Gasteiger partial charge in [0.05, 0.1) is 4.88 Å². The van der Waals surface area contributed by atoms with Crippen LogP contribution < -0.4 is 10.6 Å². The van der Waals surface area contributed by atoms with E-state index in [2.05, 4.69) is 10.6 Å². The van der Waals surface area contributed by atoms with E-state index in [0.29, 0.717) is 4.88 Å². The van der Waals surface area contributed by atoms with Crippen LogP contribution in [-0.2, 0) is 9.59 Å². The normalized spacial score (nSPS) is 13.4. The molecule has 1 unspecified atom stereocenters. The molecule has 0 saturated carbocycles. The first-order valence-electron chi connectivity index (χ1n) is 5.83. The van der Waals surface area contributed by atoms with Crippen LogP contribution in [0.15, 0.2) is 17.5 Å². The van der Waals surface area contributed by atoms with E-state index in [9.17, 15) is 14.4 Å². The number of amides is 2. The molecule has 1 rings (SSSR count). The molecule has 0 bridgehead atoms. The van der Waals surface area contributed by atoms with Crippen LogP contribution in [0.25, 0.3) is 0 Å². The molecule has 0 saturated heterocycles. The maximum atomic E-state index is 11.7. The molecule has 3 N–H and O–H groups in total. The van der Waals surface area contributed by atoms with Gasteiger partial charge in [0.1, 0.15) is 12.1 Å². The van der Waals surface area contributed by atoms with E-state index < -0.39 is 24.0 Å². The Morgan fingerprint density at radius 3 is 2.53 bits per heavy atom. The minimum Gasteiger partial charge on any atom is -0.480 e. The Morgan fingerprint density at radius 2 is 2.05 bits per heavy atom. The van der Waals surface area contributed by atoms with Crippen molar-refractivity contribution in [3.05, 3.63) is 22.4 Å². The van der Waals surface area contributed by atoms with Crippen molar-refractivity contribution >= 4 is 29.1 Å². The van der Waals surface area contributed by atoms with Gasteiger partial charge in [0.25, 0.3) is 5.91 Å². The van der Waals surface area contributed by atoms with Crippen LogP contribution in [0.2, 0.25) is 0 Å². The number of aliphatic carboxylic acids is 1. The highest BCUT2D eigenvalue weighted by Gasteiger charge is 2.22. The van der Waals surface area contributed by atoms with E-state index in [1.165, 1.54) is 18.3 Å². The zero-order chi connectivity index (χ0) is 14.4. The zero-order valence-electron chi connectivity index (χ0n) is 10.7. The van der Waals surface area contributed by atoms with Gasteiger partial charge in [-0.1, -0.05) is 13.0 Å². The molecule has 7 heteroatoms. The summed E-state index contributed by atoms with van der Waals surface area (Å²) in [6.07, 6.45) is 0.284. The van der Waals surface area contributed by atoms with Crippen molar-refractivity contribution in [2.45, 2.75) is 32.4 Å². The second kappa shape index (κ2) is 6.89. The van der Waals surface area contributed by atoms with Gasteiger partial charge < -0.3 is 15.7 Å². The van der Waals surface area contributed by atoms with Crippen molar-refractivity contribution in [3.63, 3.8) is 0 Å². The van der Waals surface area contributed by atoms with E-state index in [0.717, 1.165) is 0 Å². The van der Waals surface area contributed by atoms with Crippen molar-refractivity contribution in [2.24, 2.45) is 0 Å². The van der Waals surface area contributed by atoms with Crippen LogP contribution in [0.1, 0.15) is 29.9 Å². The van der Waals surface area contributed by atoms with E-state index in [1.54, 1.807) is 24.4 Å². The fourth-order valence-electron chi connectivity index (χ4n) is 1.38. The van der Waals surface area contributed by atoms with Crippen molar-refractivity contribution < 1.29 is 19.5 Å². The molecule has 19 heavy (non-hydrogen) atoms. The van der Waals surface area contributed by atoms with E-state index >= 15 is 0 Å². The molecule has 2 atom stereocenters. The third kappa shape index (κ3) is 4.36. The van der Waals surface area contributed by atoms with Gasteiger partial charge >= 0.3 is 5.97 Å². The maximum Gasteiger partial charge on any atom is 0.326 e. The lowest BCUT2D eigenvalue weighted by molar-refractivity contribution is -0.142. The topological polar surface area (TPSA) is 95.5 Å². The molecule has 104 valence electrons. The first-order valence-corrected chi connectivity index (χ1v) is 6.71. The molecule has 1 aromatic heterocycles. The Balaban J connectivity index is 2.53. The number of rotatable bonds is 6. The molecule has 0 spiro atoms. The lowest BCUT2D eigenvalue weighted by atomic mass is 10.2. The van der Waals surface area contributed by atoms with Gasteiger partial charge in [0.15, 0.2) is 0 Å². The average molecular weight is 284 g/mol. The summed E-state index contributed by atoms with van der Waals surface area (Å²) in [6.45, 7) is 3.17. The molecule has 2 amide bonds. The second-order valence-electron chi connectivity index (χ2n) is 3.98. The van der Waals surface area contributed by atoms with E-state index in [-0.39, 0.29) is 12.3 Å². The fraction of sp³-hybridized carbons (Fsp3) is 0.417. The molecule has 6 nitrogen and oxygen atoms in total. The predicted molar refractivity (Wildman–Crippen MR) is 71.1 cm³/mol. The number of carboxylic acid groups (broad SMARTS) is 1. The maximum absolute atomic E-state index is 11.7. The van der Waals surface area contributed by atoms with Crippen molar-refractivity contribution in [3.8, 4) is 0 Å². The first-order chi connectivity index (χ1) is 8.95. The number of nitrogens with one attached hydrogen (secondary N) is 2. The Bertz CT molecular complexity index is 458. The molecule has 0 radical (unpaired) electrons. The number of hydrogen-bond acceptors (Lipinski definition) is 4. The Labute approximate surface area is 114 Å². The summed E-state index contributed by atoms with van der Waals surface area (Å²) in [5, 5.41) is 15.5. The molecular formula is C12H16N2O4S. The summed E-state index contributed by atoms with van der Waals surface area (Å²) >= 11 is 1.27. The fourth-order valence-corrected chi connectivity index (χ4v) is 2.00. The van der Waals surface area contributed by atoms with Gasteiger partial charge in [-0.3, -0.25) is 9.59 Å².